The van der Waals surface area contributed by atoms with Gasteiger partial charge in [-0.1, -0.05) is 54.4 Å². The van der Waals surface area contributed by atoms with Crippen LogP contribution in [0.4, 0.5) is 0 Å². The number of hydrogen-bond donors (Lipinski definition) is 0. The molecule has 0 radical (unpaired) electrons. The molecule has 2 aliphatic heterocycles. The van der Waals surface area contributed by atoms with E-state index in [1.807, 2.05) is 27.7 Å². The second-order valence-corrected chi connectivity index (χ2v) is 5.85. The molecule has 0 aromatic heterocycles. The van der Waals surface area contributed by atoms with Crippen LogP contribution in [-0.4, -0.2) is 49.1 Å². The van der Waals surface area contributed by atoms with Gasteiger partial charge >= 0.3 is 0 Å². The fourth-order valence-electron chi connectivity index (χ4n) is 3.28. The molecule has 0 atom stereocenters. The molecule has 20 heavy (non-hydrogen) atoms. The summed E-state index contributed by atoms with van der Waals surface area (Å²) in [5, 5.41) is 0. The molecule has 2 heteroatoms. The number of rotatable bonds is 5. The van der Waals surface area contributed by atoms with Gasteiger partial charge in [0, 0.05) is 13.1 Å². The van der Waals surface area contributed by atoms with Gasteiger partial charge in [-0.2, -0.15) is 0 Å². The topological polar surface area (TPSA) is 6.48 Å². The lowest BCUT2D eigenvalue weighted by Gasteiger charge is -2.54. The Morgan fingerprint density at radius 2 is 1.35 bits per heavy atom. The molecule has 2 heterocycles. The van der Waals surface area contributed by atoms with E-state index >= 15 is 0 Å². The molecule has 2 rings (SSSR count). The minimum Gasteiger partial charge on any atom is -0.303 e. The van der Waals surface area contributed by atoms with Crippen LogP contribution in [0.15, 0.2) is 0 Å². The van der Waals surface area contributed by atoms with E-state index in [9.17, 15) is 0 Å². The van der Waals surface area contributed by atoms with Crippen LogP contribution in [-0.2, 0) is 0 Å². The van der Waals surface area contributed by atoms with Gasteiger partial charge in [-0.15, -0.1) is 0 Å². The summed E-state index contributed by atoms with van der Waals surface area (Å²) in [5.41, 5.74) is 0.733. The molecule has 122 valence electrons. The first-order valence-electron chi connectivity index (χ1n) is 9.23. The van der Waals surface area contributed by atoms with E-state index in [-0.39, 0.29) is 0 Å². The summed E-state index contributed by atoms with van der Waals surface area (Å²) in [6, 6.07) is 0. The van der Waals surface area contributed by atoms with Crippen LogP contribution < -0.4 is 0 Å². The molecule has 0 N–H and O–H groups in total. The first-order valence-corrected chi connectivity index (χ1v) is 9.23. The lowest BCUT2D eigenvalue weighted by Crippen LogP contribution is -2.60. The van der Waals surface area contributed by atoms with Crippen molar-refractivity contribution in [3.63, 3.8) is 0 Å². The highest BCUT2D eigenvalue weighted by molar-refractivity contribution is 4.97. The Balaban J connectivity index is 0.000000829. The van der Waals surface area contributed by atoms with Crippen LogP contribution in [0.5, 0.6) is 0 Å². The van der Waals surface area contributed by atoms with Gasteiger partial charge in [0.25, 0.3) is 0 Å². The molecule has 2 aliphatic rings. The van der Waals surface area contributed by atoms with E-state index in [2.05, 4.69) is 23.6 Å². The Morgan fingerprint density at radius 1 is 0.800 bits per heavy atom. The van der Waals surface area contributed by atoms with Gasteiger partial charge in [0.1, 0.15) is 0 Å². The summed E-state index contributed by atoms with van der Waals surface area (Å²) in [6.07, 6.45) is 7.07. The van der Waals surface area contributed by atoms with Gasteiger partial charge in [0.2, 0.25) is 0 Å². The molecule has 0 saturated carbocycles. The molecular weight excluding hydrogens is 244 g/mol. The highest BCUT2D eigenvalue weighted by Crippen LogP contribution is 2.40. The van der Waals surface area contributed by atoms with Gasteiger partial charge in [0.05, 0.1) is 0 Å². The van der Waals surface area contributed by atoms with Crippen molar-refractivity contribution in [1.82, 2.24) is 9.80 Å². The summed E-state index contributed by atoms with van der Waals surface area (Å²) in [6.45, 7) is 20.7. The van der Waals surface area contributed by atoms with E-state index in [4.69, 9.17) is 0 Å². The minimum absolute atomic E-state index is 0.733. The summed E-state index contributed by atoms with van der Waals surface area (Å²) in [7, 11) is 0. The van der Waals surface area contributed by atoms with Crippen LogP contribution in [0.1, 0.15) is 73.6 Å². The van der Waals surface area contributed by atoms with Crippen LogP contribution in [0, 0.1) is 5.41 Å². The molecule has 0 amide bonds. The van der Waals surface area contributed by atoms with Crippen molar-refractivity contribution in [2.24, 2.45) is 5.41 Å². The fourth-order valence-corrected chi connectivity index (χ4v) is 3.28. The highest BCUT2D eigenvalue weighted by Gasteiger charge is 2.43. The molecule has 0 aliphatic carbocycles. The van der Waals surface area contributed by atoms with Crippen molar-refractivity contribution in [2.75, 3.05) is 39.3 Å². The Hall–Kier alpha value is -0.0800. The van der Waals surface area contributed by atoms with E-state index in [0.29, 0.717) is 0 Å². The maximum Gasteiger partial charge on any atom is 0.00513 e. The molecule has 2 fully saturated rings. The van der Waals surface area contributed by atoms with E-state index in [1.54, 1.807) is 0 Å². The van der Waals surface area contributed by atoms with Crippen molar-refractivity contribution < 1.29 is 0 Å². The highest BCUT2D eigenvalue weighted by atomic mass is 15.2. The van der Waals surface area contributed by atoms with E-state index in [0.717, 1.165) is 5.41 Å². The van der Waals surface area contributed by atoms with Crippen LogP contribution >= 0.6 is 0 Å². The predicted octanol–water partition coefficient (Wildman–Crippen LogP) is 4.65. The summed E-state index contributed by atoms with van der Waals surface area (Å²) in [4.78, 5) is 5.28. The third kappa shape index (κ3) is 6.13. The largest absolute Gasteiger partial charge is 0.303 e. The lowest BCUT2D eigenvalue weighted by atomic mass is 9.72. The van der Waals surface area contributed by atoms with E-state index < -0.39 is 0 Å². The maximum absolute atomic E-state index is 2.69. The molecule has 0 bridgehead atoms. The first-order chi connectivity index (χ1) is 9.78. The Kier molecular flexibility index (Phi) is 11.5. The molecule has 1 spiro atoms. The fraction of sp³-hybridized carbons (Fsp3) is 1.00. The number of hydrogen-bond acceptors (Lipinski definition) is 2. The number of piperidine rings is 1. The SMILES string of the molecule is CC.CC.CCCCCN1CCC2(CC1)CN(CC)C2. The van der Waals surface area contributed by atoms with Gasteiger partial charge in [0.15, 0.2) is 0 Å². The number of unbranched alkanes of at least 4 members (excludes halogenated alkanes) is 2. The Bertz CT molecular complexity index is 199. The second-order valence-electron chi connectivity index (χ2n) is 5.85. The van der Waals surface area contributed by atoms with Crippen molar-refractivity contribution in [1.29, 1.82) is 0 Å². The van der Waals surface area contributed by atoms with Crippen LogP contribution in [0.25, 0.3) is 0 Å². The predicted molar refractivity (Wildman–Crippen MR) is 92.4 cm³/mol. The van der Waals surface area contributed by atoms with Crippen molar-refractivity contribution in [3.8, 4) is 0 Å². The lowest BCUT2D eigenvalue weighted by molar-refractivity contribution is -0.0434. The maximum atomic E-state index is 2.69. The Morgan fingerprint density at radius 3 is 1.80 bits per heavy atom. The number of likely N-dealkylation sites (tertiary alicyclic amines) is 2. The zero-order valence-corrected chi connectivity index (χ0v) is 15.2. The zero-order valence-electron chi connectivity index (χ0n) is 15.2. The molecule has 0 aromatic carbocycles. The van der Waals surface area contributed by atoms with Gasteiger partial charge in [-0.05, 0) is 50.9 Å². The third-order valence-corrected chi connectivity index (χ3v) is 4.56. The smallest absolute Gasteiger partial charge is 0.00513 e. The molecule has 2 saturated heterocycles. The standard InChI is InChI=1S/C14H28N2.2C2H6/c1-3-5-6-9-16-10-7-14(8-11-16)12-15(4-2)13-14;2*1-2/h3-13H2,1-2H3;2*1-2H3. The van der Waals surface area contributed by atoms with Crippen LogP contribution in [0.3, 0.4) is 0 Å². The third-order valence-electron chi connectivity index (χ3n) is 4.56. The van der Waals surface area contributed by atoms with Gasteiger partial charge in [-0.3, -0.25) is 0 Å². The molecule has 0 aromatic rings. The van der Waals surface area contributed by atoms with Gasteiger partial charge < -0.3 is 9.80 Å². The normalized spacial score (nSPS) is 21.3. The van der Waals surface area contributed by atoms with E-state index in [1.165, 1.54) is 71.4 Å². The molecule has 2 nitrogen and oxygen atoms in total. The second kappa shape index (κ2) is 11.6. The average Bonchev–Trinajstić information content (AvgIpc) is 2.50. The minimum atomic E-state index is 0.733. The first kappa shape index (κ1) is 19.9. The molecule has 0 unspecified atom stereocenters. The quantitative estimate of drug-likeness (QED) is 0.678. The average molecular weight is 285 g/mol. The molecular formula is C18H40N2. The number of nitrogens with zero attached hydrogens (tertiary/aromatic N) is 2. The van der Waals surface area contributed by atoms with Crippen LogP contribution in [0.2, 0.25) is 0 Å². The van der Waals surface area contributed by atoms with Crippen molar-refractivity contribution in [2.45, 2.75) is 73.6 Å². The summed E-state index contributed by atoms with van der Waals surface area (Å²) < 4.78 is 0. The summed E-state index contributed by atoms with van der Waals surface area (Å²) in [5.74, 6) is 0. The zero-order chi connectivity index (χ0) is 15.4. The van der Waals surface area contributed by atoms with Crippen molar-refractivity contribution in [3.05, 3.63) is 0 Å². The summed E-state index contributed by atoms with van der Waals surface area (Å²) >= 11 is 0. The Labute approximate surface area is 128 Å². The van der Waals surface area contributed by atoms with Crippen molar-refractivity contribution >= 4 is 0 Å². The van der Waals surface area contributed by atoms with Gasteiger partial charge in [-0.25, -0.2) is 0 Å². The monoisotopic (exact) mass is 284 g/mol.